The summed E-state index contributed by atoms with van der Waals surface area (Å²) in [6, 6.07) is 12.1. The van der Waals surface area contributed by atoms with E-state index in [0.29, 0.717) is 28.8 Å². The first-order chi connectivity index (χ1) is 13.0. The number of oxazole rings is 1. The molecule has 0 saturated carbocycles. The highest BCUT2D eigenvalue weighted by molar-refractivity contribution is 6.09. The zero-order valence-corrected chi connectivity index (χ0v) is 15.1. The lowest BCUT2D eigenvalue weighted by atomic mass is 10.0. The number of nitrogens with one attached hydrogen (secondary N) is 1. The summed E-state index contributed by atoms with van der Waals surface area (Å²) in [5.41, 5.74) is 2.85. The van der Waals surface area contributed by atoms with Gasteiger partial charge in [-0.05, 0) is 30.7 Å². The molecule has 0 aliphatic carbocycles. The molecule has 0 fully saturated rings. The van der Waals surface area contributed by atoms with Crippen LogP contribution in [0, 0.1) is 0 Å². The lowest BCUT2D eigenvalue weighted by Gasteiger charge is -2.15. The molecule has 27 heavy (non-hydrogen) atoms. The zero-order valence-electron chi connectivity index (χ0n) is 15.1. The highest BCUT2D eigenvalue weighted by Gasteiger charge is 2.29. The van der Waals surface area contributed by atoms with E-state index in [1.54, 1.807) is 42.3 Å². The van der Waals surface area contributed by atoms with E-state index in [-0.39, 0.29) is 24.4 Å². The smallest absolute Gasteiger partial charge is 0.408 e. The minimum absolute atomic E-state index is 0.152. The number of carbonyl (C=O) groups excluding carboxylic acids is 2. The number of hydrogen-bond donors (Lipinski definition) is 1. The van der Waals surface area contributed by atoms with Crippen LogP contribution in [-0.2, 0) is 13.1 Å². The molecule has 1 aromatic heterocycles. The topological polar surface area (TPSA) is 84.5 Å². The Labute approximate surface area is 155 Å². The van der Waals surface area contributed by atoms with Gasteiger partial charge < -0.3 is 14.6 Å². The second-order valence-electron chi connectivity index (χ2n) is 6.82. The first-order valence-corrected chi connectivity index (χ1v) is 8.72. The molecule has 1 N–H and O–H groups in total. The predicted octanol–water partition coefficient (Wildman–Crippen LogP) is 2.00. The average molecular weight is 365 g/mol. The van der Waals surface area contributed by atoms with Crippen LogP contribution in [0.4, 0.5) is 0 Å². The van der Waals surface area contributed by atoms with E-state index in [4.69, 9.17) is 4.42 Å². The third-order valence-corrected chi connectivity index (χ3v) is 4.77. The quantitative estimate of drug-likeness (QED) is 0.766. The minimum atomic E-state index is -0.463. The molecule has 1 atom stereocenters. The van der Waals surface area contributed by atoms with Crippen LogP contribution in [0.5, 0.6) is 0 Å². The number of aromatic nitrogens is 1. The molecule has 0 bridgehead atoms. The molecule has 7 nitrogen and oxygen atoms in total. The number of nitrogens with zero attached hydrogens (tertiary/aromatic N) is 2. The number of carbonyl (C=O) groups is 2. The lowest BCUT2D eigenvalue weighted by Crippen LogP contribution is -2.38. The Morgan fingerprint density at radius 1 is 1.19 bits per heavy atom. The van der Waals surface area contributed by atoms with Gasteiger partial charge in [0, 0.05) is 26.2 Å². The Hall–Kier alpha value is -3.35. The van der Waals surface area contributed by atoms with Crippen molar-refractivity contribution in [2.75, 3.05) is 7.05 Å². The molecular weight excluding hydrogens is 346 g/mol. The van der Waals surface area contributed by atoms with Crippen LogP contribution in [0.3, 0.4) is 0 Å². The lowest BCUT2D eigenvalue weighted by molar-refractivity contribution is 0.0808. The molecule has 0 saturated heterocycles. The average Bonchev–Trinajstić information content (AvgIpc) is 3.11. The summed E-state index contributed by atoms with van der Waals surface area (Å²) in [6.45, 7) is 2.58. The monoisotopic (exact) mass is 365 g/mol. The number of fused-ring (bicyclic) bond motifs is 2. The molecular formula is C20H19N3O4. The van der Waals surface area contributed by atoms with Crippen LogP contribution in [0.25, 0.3) is 11.1 Å². The van der Waals surface area contributed by atoms with E-state index in [1.165, 1.54) is 4.57 Å². The molecule has 0 radical (unpaired) electrons. The van der Waals surface area contributed by atoms with Gasteiger partial charge in [0.2, 0.25) is 0 Å². The fraction of sp³-hybridized carbons (Fsp3) is 0.250. The molecule has 2 amide bonds. The molecule has 0 unspecified atom stereocenters. The highest BCUT2D eigenvalue weighted by atomic mass is 16.4. The molecule has 138 valence electrons. The summed E-state index contributed by atoms with van der Waals surface area (Å²) in [5.74, 6) is -0.945. The van der Waals surface area contributed by atoms with E-state index in [9.17, 15) is 14.4 Å². The fourth-order valence-electron chi connectivity index (χ4n) is 3.50. The number of rotatable bonds is 4. The van der Waals surface area contributed by atoms with Crippen molar-refractivity contribution in [3.8, 4) is 0 Å². The Balaban J connectivity index is 1.56. The van der Waals surface area contributed by atoms with Crippen LogP contribution >= 0.6 is 0 Å². The molecule has 3 aromatic rings. The van der Waals surface area contributed by atoms with Crippen molar-refractivity contribution in [2.45, 2.75) is 26.1 Å². The Bertz CT molecular complexity index is 1110. The van der Waals surface area contributed by atoms with Crippen molar-refractivity contribution in [3.63, 3.8) is 0 Å². The third-order valence-electron chi connectivity index (χ3n) is 4.77. The van der Waals surface area contributed by atoms with Gasteiger partial charge in [-0.2, -0.15) is 0 Å². The van der Waals surface area contributed by atoms with Gasteiger partial charge in [-0.15, -0.1) is 0 Å². The highest BCUT2D eigenvalue weighted by Crippen LogP contribution is 2.25. The summed E-state index contributed by atoms with van der Waals surface area (Å²) in [4.78, 5) is 38.8. The number of amides is 2. The molecule has 2 heterocycles. The number of para-hydroxylation sites is 2. The van der Waals surface area contributed by atoms with Gasteiger partial charge in [-0.3, -0.25) is 14.2 Å². The summed E-state index contributed by atoms with van der Waals surface area (Å²) >= 11 is 0. The second-order valence-corrected chi connectivity index (χ2v) is 6.82. The van der Waals surface area contributed by atoms with Crippen LogP contribution in [0.15, 0.2) is 51.7 Å². The van der Waals surface area contributed by atoms with Crippen molar-refractivity contribution in [1.29, 1.82) is 0 Å². The summed E-state index contributed by atoms with van der Waals surface area (Å²) in [5, 5.41) is 2.88. The Kier molecular flexibility index (Phi) is 4.07. The van der Waals surface area contributed by atoms with E-state index in [1.807, 2.05) is 19.1 Å². The van der Waals surface area contributed by atoms with Gasteiger partial charge in [0.25, 0.3) is 11.8 Å². The van der Waals surface area contributed by atoms with Crippen molar-refractivity contribution in [1.82, 2.24) is 14.8 Å². The molecule has 1 aliphatic heterocycles. The van der Waals surface area contributed by atoms with Crippen LogP contribution in [-0.4, -0.2) is 34.4 Å². The van der Waals surface area contributed by atoms with Gasteiger partial charge >= 0.3 is 5.76 Å². The largest absolute Gasteiger partial charge is 0.420 e. The van der Waals surface area contributed by atoms with E-state index >= 15 is 0 Å². The van der Waals surface area contributed by atoms with Crippen molar-refractivity contribution < 1.29 is 14.0 Å². The maximum Gasteiger partial charge on any atom is 0.420 e. The summed E-state index contributed by atoms with van der Waals surface area (Å²) in [6.07, 6.45) is 0. The van der Waals surface area contributed by atoms with Gasteiger partial charge in [-0.1, -0.05) is 24.3 Å². The van der Waals surface area contributed by atoms with Crippen LogP contribution < -0.4 is 11.1 Å². The molecule has 4 rings (SSSR count). The van der Waals surface area contributed by atoms with Gasteiger partial charge in [0.15, 0.2) is 5.58 Å². The second kappa shape index (κ2) is 6.42. The molecule has 0 spiro atoms. The van der Waals surface area contributed by atoms with Crippen molar-refractivity contribution in [3.05, 3.63) is 69.7 Å². The number of benzene rings is 2. The van der Waals surface area contributed by atoms with Gasteiger partial charge in [-0.25, -0.2) is 4.79 Å². The van der Waals surface area contributed by atoms with Crippen LogP contribution in [0.2, 0.25) is 0 Å². The normalized spacial score (nSPS) is 14.4. The first kappa shape index (κ1) is 17.1. The minimum Gasteiger partial charge on any atom is -0.408 e. The SMILES string of the molecule is C[C@@H](Cn1c(=O)oc2ccccc21)NC(=O)c1cccc2c1C(=O)N(C)C2. The first-order valence-electron chi connectivity index (χ1n) is 8.72. The van der Waals surface area contributed by atoms with Crippen molar-refractivity contribution in [2.24, 2.45) is 0 Å². The fourth-order valence-corrected chi connectivity index (χ4v) is 3.50. The standard InChI is InChI=1S/C20H19N3O4/c1-12(10-23-15-8-3-4-9-16(15)27-20(23)26)21-18(24)14-7-5-6-13-11-22(2)19(25)17(13)14/h3-9,12H,10-11H2,1-2H3,(H,21,24)/t12-/m0/s1. The van der Waals surface area contributed by atoms with Crippen LogP contribution in [0.1, 0.15) is 33.2 Å². The molecule has 2 aromatic carbocycles. The Morgan fingerprint density at radius 2 is 1.96 bits per heavy atom. The molecule has 1 aliphatic rings. The van der Waals surface area contributed by atoms with E-state index in [0.717, 1.165) is 5.56 Å². The van der Waals surface area contributed by atoms with E-state index < -0.39 is 5.76 Å². The third kappa shape index (κ3) is 2.91. The number of hydrogen-bond acceptors (Lipinski definition) is 4. The maximum atomic E-state index is 12.8. The van der Waals surface area contributed by atoms with Crippen molar-refractivity contribution >= 4 is 22.9 Å². The summed E-state index contributed by atoms with van der Waals surface area (Å²) < 4.78 is 6.72. The molecule has 7 heteroatoms. The zero-order chi connectivity index (χ0) is 19.1. The Morgan fingerprint density at radius 3 is 2.78 bits per heavy atom. The van der Waals surface area contributed by atoms with Gasteiger partial charge in [0.1, 0.15) is 0 Å². The van der Waals surface area contributed by atoms with Gasteiger partial charge in [0.05, 0.1) is 16.6 Å². The summed E-state index contributed by atoms with van der Waals surface area (Å²) in [7, 11) is 1.71. The predicted molar refractivity (Wildman–Crippen MR) is 99.6 cm³/mol. The maximum absolute atomic E-state index is 12.8. The van der Waals surface area contributed by atoms with E-state index in [2.05, 4.69) is 5.32 Å².